The van der Waals surface area contributed by atoms with Crippen LogP contribution in [0.15, 0.2) is 12.5 Å². The molecular weight excluding hydrogens is 315 g/mol. The second-order valence-electron chi connectivity index (χ2n) is 4.18. The number of anilines is 1. The maximum atomic E-state index is 4.38. The maximum absolute atomic E-state index is 4.38. The van der Waals surface area contributed by atoms with Crippen LogP contribution in [0.5, 0.6) is 0 Å². The molecule has 0 spiro atoms. The highest BCUT2D eigenvalue weighted by Gasteiger charge is 2.24. The van der Waals surface area contributed by atoms with E-state index in [0.717, 1.165) is 29.0 Å². The molecule has 0 saturated carbocycles. The topological polar surface area (TPSA) is 32.3 Å². The van der Waals surface area contributed by atoms with Gasteiger partial charge in [-0.2, -0.15) is 0 Å². The molecule has 88 valence electrons. The van der Waals surface area contributed by atoms with Crippen molar-refractivity contribution in [2.24, 2.45) is 0 Å². The minimum absolute atomic E-state index is 0.638. The Hall–Kier alpha value is -0.430. The Labute approximate surface area is 110 Å². The maximum Gasteiger partial charge on any atom is 0.145 e. The smallest absolute Gasteiger partial charge is 0.145 e. The highest BCUT2D eigenvalue weighted by atomic mass is 127. The molecule has 0 bridgehead atoms. The summed E-state index contributed by atoms with van der Waals surface area (Å²) in [7, 11) is 2.20. The Morgan fingerprint density at radius 2 is 2.31 bits per heavy atom. The Balaban J connectivity index is 2.14. The molecule has 1 atom stereocenters. The SMILES string of the molecule is CCC1CN(c2ncncc2I)CCN1C. The number of piperazine rings is 1. The van der Waals surface area contributed by atoms with Gasteiger partial charge in [-0.3, -0.25) is 4.90 Å². The second-order valence-corrected chi connectivity index (χ2v) is 5.35. The summed E-state index contributed by atoms with van der Waals surface area (Å²) in [6, 6.07) is 0.638. The van der Waals surface area contributed by atoms with Crippen molar-refractivity contribution < 1.29 is 0 Å². The van der Waals surface area contributed by atoms with E-state index in [-0.39, 0.29) is 0 Å². The number of hydrogen-bond donors (Lipinski definition) is 0. The normalized spacial score (nSPS) is 22.4. The fourth-order valence-corrected chi connectivity index (χ4v) is 2.76. The molecule has 2 rings (SSSR count). The lowest BCUT2D eigenvalue weighted by atomic mass is 10.1. The minimum atomic E-state index is 0.638. The molecule has 1 aromatic rings. The van der Waals surface area contributed by atoms with E-state index in [1.165, 1.54) is 6.42 Å². The summed E-state index contributed by atoms with van der Waals surface area (Å²) in [5, 5.41) is 0. The van der Waals surface area contributed by atoms with Gasteiger partial charge in [0.15, 0.2) is 0 Å². The Kier molecular flexibility index (Phi) is 3.96. The quantitative estimate of drug-likeness (QED) is 0.771. The van der Waals surface area contributed by atoms with Gasteiger partial charge in [-0.25, -0.2) is 9.97 Å². The molecule has 4 nitrogen and oxygen atoms in total. The van der Waals surface area contributed by atoms with Crippen molar-refractivity contribution >= 4 is 28.4 Å². The molecule has 1 saturated heterocycles. The molecule has 0 N–H and O–H groups in total. The van der Waals surface area contributed by atoms with Gasteiger partial charge in [-0.05, 0) is 36.1 Å². The molecule has 1 aliphatic rings. The summed E-state index contributed by atoms with van der Waals surface area (Å²) in [6.45, 7) is 5.48. The largest absolute Gasteiger partial charge is 0.353 e. The first-order chi connectivity index (χ1) is 7.72. The van der Waals surface area contributed by atoms with Crippen molar-refractivity contribution in [2.45, 2.75) is 19.4 Å². The Morgan fingerprint density at radius 1 is 1.50 bits per heavy atom. The Bertz CT molecular complexity index is 358. The molecule has 2 heterocycles. The number of nitrogens with zero attached hydrogens (tertiary/aromatic N) is 4. The van der Waals surface area contributed by atoms with E-state index in [9.17, 15) is 0 Å². The first kappa shape index (κ1) is 12.0. The molecule has 1 aromatic heterocycles. The van der Waals surface area contributed by atoms with Crippen molar-refractivity contribution in [3.05, 3.63) is 16.1 Å². The summed E-state index contributed by atoms with van der Waals surface area (Å²) in [5.74, 6) is 1.09. The van der Waals surface area contributed by atoms with E-state index in [4.69, 9.17) is 0 Å². The summed E-state index contributed by atoms with van der Waals surface area (Å²) in [5.41, 5.74) is 0. The summed E-state index contributed by atoms with van der Waals surface area (Å²) in [4.78, 5) is 13.2. The monoisotopic (exact) mass is 332 g/mol. The van der Waals surface area contributed by atoms with Crippen molar-refractivity contribution in [2.75, 3.05) is 31.6 Å². The van der Waals surface area contributed by atoms with Gasteiger partial charge in [0.2, 0.25) is 0 Å². The predicted octanol–water partition coefficient (Wildman–Crippen LogP) is 1.61. The van der Waals surface area contributed by atoms with Gasteiger partial charge in [-0.15, -0.1) is 0 Å². The molecule has 0 aromatic carbocycles. The van der Waals surface area contributed by atoms with Crippen LogP contribution in [0.4, 0.5) is 5.82 Å². The zero-order valence-electron chi connectivity index (χ0n) is 9.73. The molecule has 5 heteroatoms. The zero-order valence-corrected chi connectivity index (χ0v) is 11.9. The summed E-state index contributed by atoms with van der Waals surface area (Å²) < 4.78 is 1.14. The second kappa shape index (κ2) is 5.27. The summed E-state index contributed by atoms with van der Waals surface area (Å²) >= 11 is 2.31. The van der Waals surface area contributed by atoms with Gasteiger partial charge in [0.1, 0.15) is 12.1 Å². The molecular formula is C11H17IN4. The highest BCUT2D eigenvalue weighted by Crippen LogP contribution is 2.21. The molecule has 0 aliphatic carbocycles. The zero-order chi connectivity index (χ0) is 11.5. The highest BCUT2D eigenvalue weighted by molar-refractivity contribution is 14.1. The third-order valence-electron chi connectivity index (χ3n) is 3.20. The number of rotatable bonds is 2. The number of likely N-dealkylation sites (N-methyl/N-ethyl adjacent to an activating group) is 1. The number of halogens is 1. The first-order valence-corrected chi connectivity index (χ1v) is 6.71. The van der Waals surface area contributed by atoms with Crippen molar-refractivity contribution in [1.82, 2.24) is 14.9 Å². The lowest BCUT2D eigenvalue weighted by Gasteiger charge is -2.39. The van der Waals surface area contributed by atoms with Crippen molar-refractivity contribution in [3.8, 4) is 0 Å². The first-order valence-electron chi connectivity index (χ1n) is 5.63. The van der Waals surface area contributed by atoms with Crippen LogP contribution in [-0.4, -0.2) is 47.6 Å². The standard InChI is InChI=1S/C11H17IN4/c1-3-9-7-16(5-4-15(9)2)11-10(12)6-13-8-14-11/h6,8-9H,3-5,7H2,1-2H3. The van der Waals surface area contributed by atoms with Crippen LogP contribution >= 0.6 is 22.6 Å². The molecule has 1 aliphatic heterocycles. The minimum Gasteiger partial charge on any atom is -0.353 e. The van der Waals surface area contributed by atoms with Gasteiger partial charge in [0, 0.05) is 31.9 Å². The van der Waals surface area contributed by atoms with Crippen LogP contribution < -0.4 is 4.90 Å². The van der Waals surface area contributed by atoms with Crippen LogP contribution in [0.2, 0.25) is 0 Å². The number of hydrogen-bond acceptors (Lipinski definition) is 4. The van der Waals surface area contributed by atoms with Gasteiger partial charge >= 0.3 is 0 Å². The van der Waals surface area contributed by atoms with Crippen LogP contribution in [-0.2, 0) is 0 Å². The molecule has 0 amide bonds. The van der Waals surface area contributed by atoms with E-state index >= 15 is 0 Å². The van der Waals surface area contributed by atoms with Crippen LogP contribution in [0.25, 0.3) is 0 Å². The molecule has 1 fully saturated rings. The van der Waals surface area contributed by atoms with E-state index in [0.29, 0.717) is 6.04 Å². The van der Waals surface area contributed by atoms with Crippen LogP contribution in [0.1, 0.15) is 13.3 Å². The van der Waals surface area contributed by atoms with Crippen LogP contribution in [0.3, 0.4) is 0 Å². The fourth-order valence-electron chi connectivity index (χ4n) is 2.12. The third-order valence-corrected chi connectivity index (χ3v) is 3.96. The van der Waals surface area contributed by atoms with Gasteiger partial charge in [-0.1, -0.05) is 6.92 Å². The predicted molar refractivity (Wildman–Crippen MR) is 73.7 cm³/mol. The lowest BCUT2D eigenvalue weighted by Crippen LogP contribution is -2.51. The molecule has 16 heavy (non-hydrogen) atoms. The average Bonchev–Trinajstić information content (AvgIpc) is 2.31. The van der Waals surface area contributed by atoms with Crippen LogP contribution in [0, 0.1) is 3.57 Å². The number of aromatic nitrogens is 2. The lowest BCUT2D eigenvalue weighted by molar-refractivity contribution is 0.212. The Morgan fingerprint density at radius 3 is 3.00 bits per heavy atom. The van der Waals surface area contributed by atoms with Gasteiger partial charge < -0.3 is 4.90 Å². The van der Waals surface area contributed by atoms with E-state index in [1.807, 2.05) is 6.20 Å². The average molecular weight is 332 g/mol. The molecule has 0 radical (unpaired) electrons. The fraction of sp³-hybridized carbons (Fsp3) is 0.636. The third kappa shape index (κ3) is 2.45. The molecule has 1 unspecified atom stereocenters. The van der Waals surface area contributed by atoms with Crippen molar-refractivity contribution in [1.29, 1.82) is 0 Å². The van der Waals surface area contributed by atoms with Gasteiger partial charge in [0.25, 0.3) is 0 Å². The summed E-state index contributed by atoms with van der Waals surface area (Å²) in [6.07, 6.45) is 4.70. The van der Waals surface area contributed by atoms with Gasteiger partial charge in [0.05, 0.1) is 3.57 Å². The van der Waals surface area contributed by atoms with Crippen molar-refractivity contribution in [3.63, 3.8) is 0 Å². The van der Waals surface area contributed by atoms with E-state index in [1.54, 1.807) is 6.33 Å². The van der Waals surface area contributed by atoms with E-state index < -0.39 is 0 Å². The van der Waals surface area contributed by atoms with E-state index in [2.05, 4.69) is 56.3 Å².